The fraction of sp³-hybridized carbons (Fsp3) is 0.667. The summed E-state index contributed by atoms with van der Waals surface area (Å²) in [4.78, 5) is 18.6. The van der Waals surface area contributed by atoms with Crippen LogP contribution in [0.1, 0.15) is 6.92 Å². The Bertz CT molecular complexity index is 180. The zero-order valence-electron chi connectivity index (χ0n) is 5.22. The van der Waals surface area contributed by atoms with Gasteiger partial charge in [0.15, 0.2) is 5.66 Å². The van der Waals surface area contributed by atoms with Crippen LogP contribution in [0.3, 0.4) is 0 Å². The summed E-state index contributed by atoms with van der Waals surface area (Å²) >= 11 is 0. The Morgan fingerprint density at radius 1 is 1.80 bits per heavy atom. The minimum Gasteiger partial charge on any atom is -0.481 e. The van der Waals surface area contributed by atoms with E-state index in [2.05, 4.69) is 10.5 Å². The Balaban J connectivity index is 4.33. The van der Waals surface area contributed by atoms with Gasteiger partial charge in [-0.25, -0.2) is 10.5 Å². The highest BCUT2D eigenvalue weighted by atomic mass is 31.2. The summed E-state index contributed by atoms with van der Waals surface area (Å²) < 4.78 is 14.1. The van der Waals surface area contributed by atoms with Crippen molar-refractivity contribution < 1.29 is 24.0 Å². The average Bonchev–Trinajstić information content (AvgIpc) is 1.86. The maximum atomic E-state index is 10.6. The predicted octanol–water partition coefficient (Wildman–Crippen LogP) is -0.465. The molecule has 0 aromatic rings. The van der Waals surface area contributed by atoms with Crippen molar-refractivity contribution in [2.45, 2.75) is 12.6 Å². The van der Waals surface area contributed by atoms with Gasteiger partial charge in [0.1, 0.15) is 0 Å². The molecule has 0 aliphatic rings. The summed E-state index contributed by atoms with van der Waals surface area (Å²) in [5.41, 5.74) is -1.49. The fourth-order valence-electron chi connectivity index (χ4n) is 0.231. The monoisotopic (exact) mass is 169 g/mol. The van der Waals surface area contributed by atoms with E-state index in [9.17, 15) is 9.36 Å². The molecule has 0 aliphatic heterocycles. The van der Waals surface area contributed by atoms with Crippen molar-refractivity contribution >= 4 is 13.6 Å². The largest absolute Gasteiger partial charge is 0.481 e. The highest BCUT2D eigenvalue weighted by Gasteiger charge is 2.33. The molecule has 0 aromatic carbocycles. The van der Waals surface area contributed by atoms with Crippen molar-refractivity contribution in [2.75, 3.05) is 0 Å². The maximum Gasteiger partial charge on any atom is 0.358 e. The molecule has 0 heterocycles. The minimum absolute atomic E-state index is 1.04. The summed E-state index contributed by atoms with van der Waals surface area (Å²) in [5, 5.41) is 8.18. The van der Waals surface area contributed by atoms with E-state index in [0.29, 0.717) is 0 Å². The molecule has 10 heavy (non-hydrogen) atoms. The van der Waals surface area contributed by atoms with Crippen molar-refractivity contribution in [3.05, 3.63) is 0 Å². The number of nitrogens with two attached hydrogens (primary N) is 1. The molecule has 0 aliphatic carbocycles. The second-order valence-electron chi connectivity index (χ2n) is 1.68. The molecule has 60 valence electrons. The Kier molecular flexibility index (Phi) is 2.98. The molecule has 0 rings (SSSR count). The highest BCUT2D eigenvalue weighted by molar-refractivity contribution is 7.54. The minimum atomic E-state index is -4.14. The van der Waals surface area contributed by atoms with E-state index < -0.39 is 19.2 Å². The van der Waals surface area contributed by atoms with Crippen molar-refractivity contribution in [1.29, 1.82) is 0 Å². The Morgan fingerprint density at radius 2 is 2.20 bits per heavy atom. The van der Waals surface area contributed by atoms with Crippen LogP contribution in [0, 0.1) is 0 Å². The number of carboxylic acids is 1. The lowest BCUT2D eigenvalue weighted by Crippen LogP contribution is -2.19. The van der Waals surface area contributed by atoms with Gasteiger partial charge in [0.2, 0.25) is 0 Å². The molecule has 0 amide bonds. The van der Waals surface area contributed by atoms with Gasteiger partial charge in [-0.05, 0) is 6.92 Å². The van der Waals surface area contributed by atoms with Crippen LogP contribution in [0.4, 0.5) is 0 Å². The third-order valence-corrected chi connectivity index (χ3v) is 2.50. The summed E-state index contributed by atoms with van der Waals surface area (Å²) in [6.07, 6.45) is 0. The summed E-state index contributed by atoms with van der Waals surface area (Å²) in [5.74, 6) is 2.95. The van der Waals surface area contributed by atoms with Crippen molar-refractivity contribution in [3.63, 3.8) is 0 Å². The first-order valence-electron chi connectivity index (χ1n) is 2.35. The van der Waals surface area contributed by atoms with Crippen molar-refractivity contribution in [2.24, 2.45) is 5.90 Å². The molecule has 2 unspecified atom stereocenters. The van der Waals surface area contributed by atoms with Gasteiger partial charge in [-0.3, -0.25) is 9.36 Å². The zero-order chi connectivity index (χ0) is 8.36. The molecule has 0 saturated heterocycles. The molecule has 0 bridgehead atoms. The van der Waals surface area contributed by atoms with Crippen LogP contribution >= 0.6 is 7.60 Å². The molecule has 0 radical (unpaired) electrons. The molecule has 4 N–H and O–H groups in total. The number of aliphatic carboxylic acids is 1. The van der Waals surface area contributed by atoms with Crippen LogP contribution in [-0.4, -0.2) is 21.6 Å². The van der Waals surface area contributed by atoms with Crippen LogP contribution in [0.25, 0.3) is 0 Å². The smallest absolute Gasteiger partial charge is 0.358 e. The number of rotatable bonds is 3. The second-order valence-corrected chi connectivity index (χ2v) is 3.80. The summed E-state index contributed by atoms with van der Waals surface area (Å²) in [7, 11) is -4.14. The first kappa shape index (κ1) is 9.58. The van der Waals surface area contributed by atoms with E-state index >= 15 is 0 Å². The van der Waals surface area contributed by atoms with Gasteiger partial charge in [0, 0.05) is 0 Å². The Hall–Kier alpha value is -0.420. The van der Waals surface area contributed by atoms with Crippen molar-refractivity contribution in [3.8, 4) is 0 Å². The molecular formula is C3H8NO5P. The second kappa shape index (κ2) is 3.12. The lowest BCUT2D eigenvalue weighted by molar-refractivity contribution is -0.136. The Morgan fingerprint density at radius 3 is 2.30 bits per heavy atom. The third kappa shape index (κ3) is 2.07. The molecule has 6 nitrogen and oxygen atoms in total. The zero-order valence-corrected chi connectivity index (χ0v) is 6.12. The van der Waals surface area contributed by atoms with Crippen LogP contribution < -0.4 is 5.90 Å². The standard InChI is InChI=1S/C3H8NO5P/c1-2(3(5)6)10(7,8)9-4/h2H,4H2,1H3,(H,5,6)(H,7,8). The fourth-order valence-corrected chi connectivity index (χ4v) is 0.693. The summed E-state index contributed by atoms with van der Waals surface area (Å²) in [6.45, 7) is 1.04. The van der Waals surface area contributed by atoms with E-state index in [1.807, 2.05) is 0 Å². The normalized spacial score (nSPS) is 19.5. The van der Waals surface area contributed by atoms with Gasteiger partial charge in [0.25, 0.3) is 0 Å². The first-order valence-corrected chi connectivity index (χ1v) is 4.00. The number of hydrogen-bond acceptors (Lipinski definition) is 4. The van der Waals surface area contributed by atoms with Crippen LogP contribution in [0.15, 0.2) is 0 Å². The van der Waals surface area contributed by atoms with Crippen molar-refractivity contribution in [1.82, 2.24) is 0 Å². The molecule has 0 fully saturated rings. The SMILES string of the molecule is CC(C(=O)O)P(=O)(O)ON. The van der Waals surface area contributed by atoms with Gasteiger partial charge in [0.05, 0.1) is 0 Å². The van der Waals surface area contributed by atoms with E-state index in [1.54, 1.807) is 0 Å². The van der Waals surface area contributed by atoms with Gasteiger partial charge in [-0.2, -0.15) is 0 Å². The number of carboxylic acid groups (broad SMARTS) is 1. The lowest BCUT2D eigenvalue weighted by Gasteiger charge is -2.10. The number of hydrogen-bond donors (Lipinski definition) is 3. The van der Waals surface area contributed by atoms with E-state index in [-0.39, 0.29) is 0 Å². The summed E-state index contributed by atoms with van der Waals surface area (Å²) in [6, 6.07) is 0. The number of carbonyl (C=O) groups is 1. The van der Waals surface area contributed by atoms with E-state index in [0.717, 1.165) is 6.92 Å². The quantitative estimate of drug-likeness (QED) is 0.389. The van der Waals surface area contributed by atoms with E-state index in [1.165, 1.54) is 0 Å². The van der Waals surface area contributed by atoms with E-state index in [4.69, 9.17) is 10.00 Å². The van der Waals surface area contributed by atoms with Gasteiger partial charge < -0.3 is 10.00 Å². The molecule has 2 atom stereocenters. The topological polar surface area (TPSA) is 110 Å². The molecule has 0 spiro atoms. The highest BCUT2D eigenvalue weighted by Crippen LogP contribution is 2.45. The molecule has 7 heteroatoms. The molecule has 0 saturated carbocycles. The third-order valence-electron chi connectivity index (χ3n) is 0.998. The van der Waals surface area contributed by atoms with Gasteiger partial charge >= 0.3 is 13.6 Å². The maximum absolute atomic E-state index is 10.6. The van der Waals surface area contributed by atoms with Gasteiger partial charge in [-0.1, -0.05) is 0 Å². The lowest BCUT2D eigenvalue weighted by atomic mass is 10.5. The molecular weight excluding hydrogens is 161 g/mol. The average molecular weight is 169 g/mol. The van der Waals surface area contributed by atoms with Crippen LogP contribution in [0.2, 0.25) is 0 Å². The first-order chi connectivity index (χ1) is 4.41. The Labute approximate surface area is 57.1 Å². The van der Waals surface area contributed by atoms with Crippen LogP contribution in [-0.2, 0) is 14.0 Å². The molecule has 0 aromatic heterocycles. The predicted molar refractivity (Wildman–Crippen MR) is 32.2 cm³/mol. The van der Waals surface area contributed by atoms with Gasteiger partial charge in [-0.15, -0.1) is 0 Å². The van der Waals surface area contributed by atoms with Crippen LogP contribution in [0.5, 0.6) is 0 Å².